The molecule has 0 amide bonds. The van der Waals surface area contributed by atoms with E-state index in [1.807, 2.05) is 11.8 Å². The third-order valence-electron chi connectivity index (χ3n) is 4.94. The first-order valence-corrected chi connectivity index (χ1v) is 9.42. The molecule has 2 saturated heterocycles. The molecule has 4 rings (SSSR count). The van der Waals surface area contributed by atoms with Gasteiger partial charge in [-0.05, 0) is 20.3 Å². The smallest absolute Gasteiger partial charge is 0.245 e. The molecular formula is C17H26N8O3. The van der Waals surface area contributed by atoms with Crippen molar-refractivity contribution in [1.82, 2.24) is 20.1 Å². The number of aryl methyl sites for hydroxylation is 1. The Balaban J connectivity index is 1.63. The van der Waals surface area contributed by atoms with Crippen molar-refractivity contribution >= 4 is 23.3 Å². The molecule has 28 heavy (non-hydrogen) atoms. The fraction of sp³-hybridized carbons (Fsp3) is 0.647. The fourth-order valence-electron chi connectivity index (χ4n) is 3.42. The van der Waals surface area contributed by atoms with Crippen LogP contribution in [0.5, 0.6) is 0 Å². The molecule has 152 valence electrons. The van der Waals surface area contributed by atoms with Crippen LogP contribution >= 0.6 is 0 Å². The minimum absolute atomic E-state index is 0.307. The van der Waals surface area contributed by atoms with E-state index in [1.54, 1.807) is 6.92 Å². The van der Waals surface area contributed by atoms with Crippen LogP contribution in [0.1, 0.15) is 25.1 Å². The van der Waals surface area contributed by atoms with Crippen LogP contribution in [0, 0.1) is 6.92 Å². The van der Waals surface area contributed by atoms with Gasteiger partial charge in [0.2, 0.25) is 11.8 Å². The Labute approximate surface area is 162 Å². The molecule has 11 heteroatoms. The molecule has 0 radical (unpaired) electrons. The highest BCUT2D eigenvalue weighted by molar-refractivity contribution is 5.77. The van der Waals surface area contributed by atoms with Crippen molar-refractivity contribution in [2.24, 2.45) is 0 Å². The van der Waals surface area contributed by atoms with Crippen molar-refractivity contribution in [1.29, 1.82) is 0 Å². The zero-order valence-electron chi connectivity index (χ0n) is 16.2. The van der Waals surface area contributed by atoms with Crippen LogP contribution in [0.4, 0.5) is 23.3 Å². The van der Waals surface area contributed by atoms with Gasteiger partial charge in [-0.15, -0.1) is 0 Å². The lowest BCUT2D eigenvalue weighted by Crippen LogP contribution is -2.38. The van der Waals surface area contributed by atoms with Crippen molar-refractivity contribution < 1.29 is 14.4 Å². The summed E-state index contributed by atoms with van der Waals surface area (Å²) < 4.78 is 10.6. The summed E-state index contributed by atoms with van der Waals surface area (Å²) in [4.78, 5) is 17.6. The summed E-state index contributed by atoms with van der Waals surface area (Å²) in [5, 5.41) is 17.3. The van der Waals surface area contributed by atoms with Crippen LogP contribution in [0.15, 0.2) is 4.52 Å². The third kappa shape index (κ3) is 3.94. The summed E-state index contributed by atoms with van der Waals surface area (Å²) in [5.74, 6) is 2.74. The number of morpholine rings is 1. The van der Waals surface area contributed by atoms with Crippen LogP contribution in [-0.2, 0) is 11.3 Å². The van der Waals surface area contributed by atoms with Gasteiger partial charge in [-0.25, -0.2) is 0 Å². The number of nitrogens with one attached hydrogen (secondary N) is 1. The van der Waals surface area contributed by atoms with Crippen molar-refractivity contribution in [3.63, 3.8) is 0 Å². The minimum atomic E-state index is -0.759. The number of hydrogen-bond donors (Lipinski definition) is 3. The van der Waals surface area contributed by atoms with E-state index in [0.29, 0.717) is 87.3 Å². The van der Waals surface area contributed by atoms with E-state index < -0.39 is 5.60 Å². The molecule has 2 aromatic heterocycles. The molecule has 4 heterocycles. The molecule has 0 aromatic carbocycles. The number of rotatable bonds is 5. The number of ether oxygens (including phenoxy) is 1. The van der Waals surface area contributed by atoms with Crippen molar-refractivity contribution in [3.05, 3.63) is 11.7 Å². The largest absolute Gasteiger partial charge is 0.393 e. The Morgan fingerprint density at radius 1 is 1.18 bits per heavy atom. The van der Waals surface area contributed by atoms with Gasteiger partial charge in [0.1, 0.15) is 5.69 Å². The third-order valence-corrected chi connectivity index (χ3v) is 4.94. The highest BCUT2D eigenvalue weighted by Gasteiger charge is 2.34. The second-order valence-electron chi connectivity index (χ2n) is 7.47. The predicted octanol–water partition coefficient (Wildman–Crippen LogP) is 0.160. The summed E-state index contributed by atoms with van der Waals surface area (Å²) in [6.07, 6.45) is 0.660. The summed E-state index contributed by atoms with van der Waals surface area (Å²) in [6.45, 7) is 7.73. The molecule has 0 spiro atoms. The first-order valence-electron chi connectivity index (χ1n) is 9.42. The van der Waals surface area contributed by atoms with Gasteiger partial charge in [-0.1, -0.05) is 5.16 Å². The van der Waals surface area contributed by atoms with Crippen molar-refractivity contribution in [2.45, 2.75) is 32.4 Å². The lowest BCUT2D eigenvalue weighted by Gasteiger charge is -2.29. The summed E-state index contributed by atoms with van der Waals surface area (Å²) in [6, 6.07) is 0. The number of nitrogens with two attached hydrogens (primary N) is 1. The standard InChI is InChI=1S/C17H26N8O3/c1-11-20-12(28-23-11)9-19-14-13(18)15(25-4-3-17(2,26)10-25)22-16(21-14)24-5-7-27-8-6-24/h26H,3-10,18H2,1-2H3,(H,19,21,22). The van der Waals surface area contributed by atoms with Crippen LogP contribution in [0.2, 0.25) is 0 Å². The predicted molar refractivity (Wildman–Crippen MR) is 103 cm³/mol. The number of aliphatic hydroxyl groups is 1. The van der Waals surface area contributed by atoms with Crippen molar-refractivity contribution in [3.8, 4) is 0 Å². The van der Waals surface area contributed by atoms with E-state index >= 15 is 0 Å². The number of hydrogen-bond acceptors (Lipinski definition) is 11. The Morgan fingerprint density at radius 3 is 2.61 bits per heavy atom. The Bertz CT molecular complexity index is 834. The van der Waals surface area contributed by atoms with Gasteiger partial charge in [-0.3, -0.25) is 0 Å². The Kier molecular flexibility index (Phi) is 4.94. The van der Waals surface area contributed by atoms with Crippen LogP contribution in [-0.4, -0.2) is 70.2 Å². The molecule has 4 N–H and O–H groups in total. The van der Waals surface area contributed by atoms with Crippen molar-refractivity contribution in [2.75, 3.05) is 60.2 Å². The molecule has 2 aliphatic heterocycles. The van der Waals surface area contributed by atoms with E-state index in [1.165, 1.54) is 0 Å². The maximum atomic E-state index is 10.4. The SMILES string of the molecule is Cc1noc(CNc2nc(N3CCOCC3)nc(N3CCC(C)(O)C3)c2N)n1. The number of aromatic nitrogens is 4. The average molecular weight is 390 g/mol. The number of nitrogen functional groups attached to an aromatic ring is 1. The first kappa shape index (κ1) is 18.7. The second kappa shape index (κ2) is 7.40. The molecule has 0 bridgehead atoms. The van der Waals surface area contributed by atoms with Gasteiger partial charge in [0.15, 0.2) is 17.5 Å². The van der Waals surface area contributed by atoms with Crippen LogP contribution in [0.25, 0.3) is 0 Å². The first-order chi connectivity index (χ1) is 13.4. The molecule has 2 aromatic rings. The molecule has 11 nitrogen and oxygen atoms in total. The molecule has 0 aliphatic carbocycles. The zero-order valence-corrected chi connectivity index (χ0v) is 16.2. The average Bonchev–Trinajstić information content (AvgIpc) is 3.26. The van der Waals surface area contributed by atoms with E-state index in [0.717, 1.165) is 0 Å². The number of nitrogens with zero attached hydrogens (tertiary/aromatic N) is 6. The summed E-state index contributed by atoms with van der Waals surface area (Å²) in [7, 11) is 0. The Hall–Kier alpha value is -2.66. The lowest BCUT2D eigenvalue weighted by atomic mass is 10.1. The van der Waals surface area contributed by atoms with Gasteiger partial charge in [-0.2, -0.15) is 15.0 Å². The van der Waals surface area contributed by atoms with Crippen LogP contribution < -0.4 is 20.9 Å². The topological polar surface area (TPSA) is 139 Å². The molecule has 0 saturated carbocycles. The fourth-order valence-corrected chi connectivity index (χ4v) is 3.42. The quantitative estimate of drug-likeness (QED) is 0.643. The second-order valence-corrected chi connectivity index (χ2v) is 7.47. The van der Waals surface area contributed by atoms with Gasteiger partial charge < -0.3 is 35.2 Å². The molecule has 1 atom stereocenters. The number of β-amino-alcohol motifs (C(OH)–C–C–N with tert-alkyl or cyclic N) is 1. The summed E-state index contributed by atoms with van der Waals surface area (Å²) in [5.41, 5.74) is 6.08. The molecule has 2 fully saturated rings. The minimum Gasteiger partial charge on any atom is -0.393 e. The van der Waals surface area contributed by atoms with Gasteiger partial charge >= 0.3 is 0 Å². The summed E-state index contributed by atoms with van der Waals surface area (Å²) >= 11 is 0. The normalized spacial score (nSPS) is 22.7. The van der Waals surface area contributed by atoms with Crippen LogP contribution in [0.3, 0.4) is 0 Å². The lowest BCUT2D eigenvalue weighted by molar-refractivity contribution is 0.0839. The van der Waals surface area contributed by atoms with E-state index in [9.17, 15) is 5.11 Å². The van der Waals surface area contributed by atoms with E-state index in [-0.39, 0.29) is 0 Å². The highest BCUT2D eigenvalue weighted by Crippen LogP contribution is 2.34. The van der Waals surface area contributed by atoms with E-state index in [2.05, 4.69) is 25.3 Å². The Morgan fingerprint density at radius 2 is 1.96 bits per heavy atom. The molecule has 1 unspecified atom stereocenters. The molecular weight excluding hydrogens is 364 g/mol. The maximum absolute atomic E-state index is 10.4. The highest BCUT2D eigenvalue weighted by atomic mass is 16.5. The number of anilines is 4. The zero-order chi connectivity index (χ0) is 19.7. The monoisotopic (exact) mass is 390 g/mol. The van der Waals surface area contributed by atoms with Gasteiger partial charge in [0, 0.05) is 26.2 Å². The maximum Gasteiger partial charge on any atom is 0.245 e. The van der Waals surface area contributed by atoms with Gasteiger partial charge in [0.05, 0.1) is 25.4 Å². The molecule has 2 aliphatic rings. The van der Waals surface area contributed by atoms with Gasteiger partial charge in [0.25, 0.3) is 0 Å². The van der Waals surface area contributed by atoms with E-state index in [4.69, 9.17) is 20.0 Å².